The molecule has 1 aromatic heterocycles. The van der Waals surface area contributed by atoms with Crippen molar-refractivity contribution in [2.45, 2.75) is 0 Å². The fraction of sp³-hybridized carbons (Fsp3) is 0.167. The van der Waals surface area contributed by atoms with Crippen molar-refractivity contribution in [1.29, 1.82) is 0 Å². The first-order valence-electron chi connectivity index (χ1n) is 2.68. The van der Waals surface area contributed by atoms with Crippen LogP contribution in [0, 0.1) is 0 Å². The van der Waals surface area contributed by atoms with Crippen LogP contribution in [0.15, 0.2) is 16.9 Å². The van der Waals surface area contributed by atoms with Gasteiger partial charge in [0.1, 0.15) is 0 Å². The van der Waals surface area contributed by atoms with Crippen molar-refractivity contribution >= 4 is 21.6 Å². The van der Waals surface area contributed by atoms with Gasteiger partial charge in [0.25, 0.3) is 0 Å². The van der Waals surface area contributed by atoms with E-state index in [0.29, 0.717) is 11.4 Å². The lowest BCUT2D eigenvalue weighted by molar-refractivity contribution is 0.415. The summed E-state index contributed by atoms with van der Waals surface area (Å²) in [6, 6.07) is 0. The Hall–Kier alpha value is -0.770. The first kappa shape index (κ1) is 7.34. The minimum absolute atomic E-state index is 0.581. The van der Waals surface area contributed by atoms with Gasteiger partial charge in [0.15, 0.2) is 5.75 Å². The monoisotopic (exact) mass is 202 g/mol. The highest BCUT2D eigenvalue weighted by Crippen LogP contribution is 2.26. The van der Waals surface area contributed by atoms with E-state index in [4.69, 9.17) is 10.5 Å². The van der Waals surface area contributed by atoms with Crippen LogP contribution < -0.4 is 10.5 Å². The number of methoxy groups -OCH3 is 1. The Morgan fingerprint density at radius 1 is 1.60 bits per heavy atom. The van der Waals surface area contributed by atoms with Crippen molar-refractivity contribution in [3.8, 4) is 5.75 Å². The van der Waals surface area contributed by atoms with Crippen LogP contribution in [0.25, 0.3) is 0 Å². The van der Waals surface area contributed by atoms with E-state index in [1.54, 1.807) is 19.5 Å². The third-order valence-corrected chi connectivity index (χ3v) is 1.75. The highest BCUT2D eigenvalue weighted by atomic mass is 79.9. The minimum Gasteiger partial charge on any atom is -0.493 e. The van der Waals surface area contributed by atoms with Crippen molar-refractivity contribution < 1.29 is 4.74 Å². The highest BCUT2D eigenvalue weighted by Gasteiger charge is 2.01. The van der Waals surface area contributed by atoms with E-state index in [1.165, 1.54) is 0 Å². The van der Waals surface area contributed by atoms with Gasteiger partial charge in [-0.25, -0.2) is 0 Å². The molecule has 3 nitrogen and oxygen atoms in total. The van der Waals surface area contributed by atoms with E-state index in [0.717, 1.165) is 4.47 Å². The zero-order valence-corrected chi connectivity index (χ0v) is 7.05. The van der Waals surface area contributed by atoms with Crippen molar-refractivity contribution in [1.82, 2.24) is 4.98 Å². The molecule has 0 bridgehead atoms. The van der Waals surface area contributed by atoms with Crippen molar-refractivity contribution in [2.75, 3.05) is 12.8 Å². The molecule has 4 heteroatoms. The Morgan fingerprint density at radius 2 is 2.30 bits per heavy atom. The summed E-state index contributed by atoms with van der Waals surface area (Å²) in [7, 11) is 1.56. The molecule has 0 radical (unpaired) electrons. The molecule has 1 heterocycles. The van der Waals surface area contributed by atoms with Gasteiger partial charge in [0.2, 0.25) is 0 Å². The minimum atomic E-state index is 0.581. The topological polar surface area (TPSA) is 48.1 Å². The summed E-state index contributed by atoms with van der Waals surface area (Å²) in [6.45, 7) is 0. The molecule has 0 unspecified atom stereocenters. The summed E-state index contributed by atoms with van der Waals surface area (Å²) in [5.74, 6) is 0.592. The second-order valence-electron chi connectivity index (χ2n) is 1.74. The summed E-state index contributed by atoms with van der Waals surface area (Å²) >= 11 is 3.22. The van der Waals surface area contributed by atoms with Gasteiger partial charge in [-0.1, -0.05) is 0 Å². The molecular weight excluding hydrogens is 196 g/mol. The van der Waals surface area contributed by atoms with Crippen molar-refractivity contribution in [3.63, 3.8) is 0 Å². The van der Waals surface area contributed by atoms with E-state index in [-0.39, 0.29) is 0 Å². The van der Waals surface area contributed by atoms with Crippen molar-refractivity contribution in [3.05, 3.63) is 16.9 Å². The van der Waals surface area contributed by atoms with Gasteiger partial charge in [-0.3, -0.25) is 4.98 Å². The Balaban J connectivity index is 3.14. The number of halogens is 1. The predicted octanol–water partition coefficient (Wildman–Crippen LogP) is 1.43. The molecular formula is C6H7BrN2O. The molecule has 1 rings (SSSR count). The molecule has 0 aromatic carbocycles. The standard InChI is InChI=1S/C6H7BrN2O/c1-10-5-3-9-2-4(7)6(5)8/h2-3H,1H3,(H2,8,9). The summed E-state index contributed by atoms with van der Waals surface area (Å²) in [4.78, 5) is 3.86. The van der Waals surface area contributed by atoms with Gasteiger partial charge in [-0.2, -0.15) is 0 Å². The van der Waals surface area contributed by atoms with Gasteiger partial charge >= 0.3 is 0 Å². The summed E-state index contributed by atoms with van der Waals surface area (Å²) in [5, 5.41) is 0. The molecule has 0 atom stereocenters. The van der Waals surface area contributed by atoms with Crippen LogP contribution in [-0.4, -0.2) is 12.1 Å². The number of anilines is 1. The molecule has 0 saturated heterocycles. The van der Waals surface area contributed by atoms with E-state index >= 15 is 0 Å². The van der Waals surface area contributed by atoms with Gasteiger partial charge in [-0.05, 0) is 15.9 Å². The number of nitrogens with zero attached hydrogens (tertiary/aromatic N) is 1. The Labute approximate surface area is 67.3 Å². The first-order chi connectivity index (χ1) is 4.75. The van der Waals surface area contributed by atoms with Crippen LogP contribution in [0.4, 0.5) is 5.69 Å². The lowest BCUT2D eigenvalue weighted by Crippen LogP contribution is -1.93. The zero-order chi connectivity index (χ0) is 7.56. The second-order valence-corrected chi connectivity index (χ2v) is 2.59. The molecule has 0 aliphatic heterocycles. The van der Waals surface area contributed by atoms with Gasteiger partial charge in [0.05, 0.1) is 23.5 Å². The summed E-state index contributed by atoms with van der Waals surface area (Å²) in [6.07, 6.45) is 3.19. The van der Waals surface area contributed by atoms with E-state index in [1.807, 2.05) is 0 Å². The summed E-state index contributed by atoms with van der Waals surface area (Å²) in [5.41, 5.74) is 6.16. The number of aromatic nitrogens is 1. The van der Waals surface area contributed by atoms with Crippen LogP contribution in [-0.2, 0) is 0 Å². The first-order valence-corrected chi connectivity index (χ1v) is 3.48. The fourth-order valence-electron chi connectivity index (χ4n) is 0.590. The van der Waals surface area contributed by atoms with Gasteiger partial charge in [0, 0.05) is 6.20 Å². The maximum Gasteiger partial charge on any atom is 0.161 e. The number of rotatable bonds is 1. The van der Waals surface area contributed by atoms with Crippen LogP contribution in [0.1, 0.15) is 0 Å². The largest absolute Gasteiger partial charge is 0.493 e. The van der Waals surface area contributed by atoms with Crippen LogP contribution in [0.5, 0.6) is 5.75 Å². The fourth-order valence-corrected chi connectivity index (χ4v) is 0.903. The average molecular weight is 203 g/mol. The molecule has 54 valence electrons. The molecule has 0 aliphatic carbocycles. The Bertz CT molecular complexity index is 239. The molecule has 1 aromatic rings. The van der Waals surface area contributed by atoms with E-state index < -0.39 is 0 Å². The Morgan fingerprint density at radius 3 is 2.80 bits per heavy atom. The number of nitrogens with two attached hydrogens (primary N) is 1. The lowest BCUT2D eigenvalue weighted by atomic mass is 10.4. The number of hydrogen-bond donors (Lipinski definition) is 1. The van der Waals surface area contributed by atoms with Crippen LogP contribution in [0.2, 0.25) is 0 Å². The SMILES string of the molecule is COc1cncc(Br)c1N. The van der Waals surface area contributed by atoms with Gasteiger partial charge in [-0.15, -0.1) is 0 Å². The van der Waals surface area contributed by atoms with Crippen molar-refractivity contribution in [2.24, 2.45) is 0 Å². The average Bonchev–Trinajstić information content (AvgIpc) is 1.95. The highest BCUT2D eigenvalue weighted by molar-refractivity contribution is 9.10. The molecule has 0 aliphatic rings. The quantitative estimate of drug-likeness (QED) is 0.750. The number of nitrogen functional groups attached to an aromatic ring is 1. The molecule has 2 N–H and O–H groups in total. The lowest BCUT2D eigenvalue weighted by Gasteiger charge is -2.03. The zero-order valence-electron chi connectivity index (χ0n) is 5.47. The van der Waals surface area contributed by atoms with E-state index in [2.05, 4.69) is 20.9 Å². The third kappa shape index (κ3) is 1.21. The Kier molecular flexibility index (Phi) is 2.11. The predicted molar refractivity (Wildman–Crippen MR) is 42.9 cm³/mol. The smallest absolute Gasteiger partial charge is 0.161 e. The second kappa shape index (κ2) is 2.88. The van der Waals surface area contributed by atoms with Gasteiger partial charge < -0.3 is 10.5 Å². The number of ether oxygens (including phenoxy) is 1. The molecule has 0 saturated carbocycles. The molecule has 10 heavy (non-hydrogen) atoms. The number of pyridine rings is 1. The molecule has 0 spiro atoms. The number of hydrogen-bond acceptors (Lipinski definition) is 3. The maximum absolute atomic E-state index is 5.58. The van der Waals surface area contributed by atoms with E-state index in [9.17, 15) is 0 Å². The molecule has 0 fully saturated rings. The molecule has 0 amide bonds. The normalized spacial score (nSPS) is 9.40. The van der Waals surface area contributed by atoms with Crippen LogP contribution in [0.3, 0.4) is 0 Å². The summed E-state index contributed by atoms with van der Waals surface area (Å²) < 4.78 is 5.66. The third-order valence-electron chi connectivity index (χ3n) is 1.12. The maximum atomic E-state index is 5.58. The van der Waals surface area contributed by atoms with Crippen LogP contribution >= 0.6 is 15.9 Å².